The number of carbonyl (C=O) groups excluding carboxylic acids is 1. The number of nitrogens with one attached hydrogen (secondary N) is 1. The van der Waals surface area contributed by atoms with Gasteiger partial charge >= 0.3 is 0 Å². The lowest BCUT2D eigenvalue weighted by Gasteiger charge is -2.18. The molecule has 0 saturated heterocycles. The molecule has 0 heterocycles. The Labute approximate surface area is 158 Å². The summed E-state index contributed by atoms with van der Waals surface area (Å²) in [6.45, 7) is 6.96. The van der Waals surface area contributed by atoms with Gasteiger partial charge in [0.15, 0.2) is 0 Å². The highest BCUT2D eigenvalue weighted by atomic mass is 32.2. The summed E-state index contributed by atoms with van der Waals surface area (Å²) in [5.74, 6) is -1.35. The van der Waals surface area contributed by atoms with E-state index in [0.29, 0.717) is 11.1 Å². The van der Waals surface area contributed by atoms with Crippen LogP contribution in [0.1, 0.15) is 34.0 Å². The highest BCUT2D eigenvalue weighted by Gasteiger charge is 2.22. The van der Waals surface area contributed by atoms with Crippen molar-refractivity contribution in [3.63, 3.8) is 0 Å². The maximum Gasteiger partial charge on any atom is 0.252 e. The summed E-state index contributed by atoms with van der Waals surface area (Å²) >= 11 is 0. The van der Waals surface area contributed by atoms with Gasteiger partial charge in [-0.2, -0.15) is 0 Å². The molecular formula is C19H23FN2O4S. The second-order valence-corrected chi connectivity index (χ2v) is 8.22. The summed E-state index contributed by atoms with van der Waals surface area (Å²) in [7, 11) is -3.76. The Kier molecular flexibility index (Phi) is 6.22. The van der Waals surface area contributed by atoms with E-state index in [1.807, 2.05) is 6.92 Å². The van der Waals surface area contributed by atoms with Crippen LogP contribution in [0.25, 0.3) is 0 Å². The van der Waals surface area contributed by atoms with Crippen LogP contribution in [-0.2, 0) is 10.0 Å². The molecule has 1 atom stereocenters. The predicted octanol–water partition coefficient (Wildman–Crippen LogP) is 2.60. The number of sulfonamides is 1. The lowest BCUT2D eigenvalue weighted by Crippen LogP contribution is -2.37. The number of halogens is 1. The summed E-state index contributed by atoms with van der Waals surface area (Å²) in [4.78, 5) is 11.6. The number of ether oxygens (including phenoxy) is 1. The van der Waals surface area contributed by atoms with Crippen LogP contribution in [0.3, 0.4) is 0 Å². The fourth-order valence-electron chi connectivity index (χ4n) is 2.98. The number of primary amides is 1. The molecule has 0 aliphatic heterocycles. The lowest BCUT2D eigenvalue weighted by molar-refractivity contribution is 0.0995. The minimum atomic E-state index is -3.76. The molecule has 3 N–H and O–H groups in total. The molecule has 8 heteroatoms. The first-order valence-corrected chi connectivity index (χ1v) is 9.82. The molecule has 0 aromatic heterocycles. The fourth-order valence-corrected chi connectivity index (χ4v) is 4.67. The zero-order valence-corrected chi connectivity index (χ0v) is 16.5. The van der Waals surface area contributed by atoms with Crippen molar-refractivity contribution in [2.45, 2.75) is 38.6 Å². The number of nitrogens with two attached hydrogens (primary N) is 1. The molecule has 27 heavy (non-hydrogen) atoms. The molecule has 1 amide bonds. The Bertz CT molecular complexity index is 951. The van der Waals surface area contributed by atoms with Crippen molar-refractivity contribution in [2.75, 3.05) is 6.61 Å². The Morgan fingerprint density at radius 1 is 1.19 bits per heavy atom. The maximum absolute atomic E-state index is 13.3. The molecule has 0 aliphatic carbocycles. The largest absolute Gasteiger partial charge is 0.491 e. The quantitative estimate of drug-likeness (QED) is 0.754. The molecule has 0 saturated carbocycles. The number of carbonyl (C=O) groups is 1. The predicted molar refractivity (Wildman–Crippen MR) is 101 cm³/mol. The van der Waals surface area contributed by atoms with Crippen molar-refractivity contribution in [2.24, 2.45) is 5.73 Å². The minimum Gasteiger partial charge on any atom is -0.491 e. The van der Waals surface area contributed by atoms with Crippen molar-refractivity contribution in [3.8, 4) is 5.75 Å². The smallest absolute Gasteiger partial charge is 0.252 e. The number of rotatable bonds is 7. The van der Waals surface area contributed by atoms with Gasteiger partial charge in [0.25, 0.3) is 5.91 Å². The number of benzene rings is 2. The third kappa shape index (κ3) is 5.05. The Hall–Kier alpha value is -2.45. The van der Waals surface area contributed by atoms with E-state index in [9.17, 15) is 17.6 Å². The fraction of sp³-hybridized carbons (Fsp3) is 0.316. The van der Waals surface area contributed by atoms with Crippen LogP contribution in [0, 0.1) is 26.6 Å². The maximum atomic E-state index is 13.3. The zero-order valence-electron chi connectivity index (χ0n) is 15.7. The van der Waals surface area contributed by atoms with Crippen LogP contribution in [0.2, 0.25) is 0 Å². The average molecular weight is 394 g/mol. The minimum absolute atomic E-state index is 0.0604. The SMILES string of the molecule is Cc1cc(C)c(S(=O)(=O)NC(C)COc2ccc(F)cc2C(N)=O)c(C)c1. The van der Waals surface area contributed by atoms with E-state index in [4.69, 9.17) is 10.5 Å². The average Bonchev–Trinajstić information content (AvgIpc) is 2.51. The van der Waals surface area contributed by atoms with Crippen LogP contribution < -0.4 is 15.2 Å². The van der Waals surface area contributed by atoms with Crippen LogP contribution in [-0.4, -0.2) is 27.0 Å². The Morgan fingerprint density at radius 2 is 1.78 bits per heavy atom. The molecule has 2 rings (SSSR count). The van der Waals surface area contributed by atoms with E-state index in [1.54, 1.807) is 32.9 Å². The standard InChI is InChI=1S/C19H23FN2O4S/c1-11-7-12(2)18(13(3)8-11)27(24,25)22-14(4)10-26-17-6-5-15(20)9-16(17)19(21)23/h5-9,14,22H,10H2,1-4H3,(H2,21,23). The molecule has 0 fully saturated rings. The number of hydrogen-bond donors (Lipinski definition) is 2. The summed E-state index contributed by atoms with van der Waals surface area (Å²) in [6, 6.07) is 6.41. The van der Waals surface area contributed by atoms with E-state index >= 15 is 0 Å². The van der Waals surface area contributed by atoms with Crippen LogP contribution in [0.15, 0.2) is 35.2 Å². The second kappa shape index (κ2) is 8.06. The molecular weight excluding hydrogens is 371 g/mol. The van der Waals surface area contributed by atoms with Crippen molar-refractivity contribution in [3.05, 3.63) is 58.4 Å². The van der Waals surface area contributed by atoms with Gasteiger partial charge in [-0.05, 0) is 57.0 Å². The van der Waals surface area contributed by atoms with Gasteiger partial charge in [0.2, 0.25) is 10.0 Å². The molecule has 1 unspecified atom stereocenters. The zero-order chi connectivity index (χ0) is 20.4. The van der Waals surface area contributed by atoms with Crippen molar-refractivity contribution in [1.82, 2.24) is 4.72 Å². The number of aryl methyl sites for hydroxylation is 3. The molecule has 0 radical (unpaired) electrons. The van der Waals surface area contributed by atoms with E-state index in [1.165, 1.54) is 6.07 Å². The normalized spacial score (nSPS) is 12.6. The lowest BCUT2D eigenvalue weighted by atomic mass is 10.1. The number of hydrogen-bond acceptors (Lipinski definition) is 4. The third-order valence-corrected chi connectivity index (χ3v) is 5.82. The van der Waals surface area contributed by atoms with Crippen molar-refractivity contribution < 1.29 is 22.3 Å². The van der Waals surface area contributed by atoms with Gasteiger partial charge in [-0.15, -0.1) is 0 Å². The first kappa shape index (κ1) is 20.9. The third-order valence-electron chi connectivity index (χ3n) is 3.93. The first-order chi connectivity index (χ1) is 12.5. The van der Waals surface area contributed by atoms with Gasteiger partial charge in [-0.3, -0.25) is 4.79 Å². The second-order valence-electron chi connectivity index (χ2n) is 6.57. The van der Waals surface area contributed by atoms with E-state index < -0.39 is 27.8 Å². The summed E-state index contributed by atoms with van der Waals surface area (Å²) in [6.07, 6.45) is 0. The summed E-state index contributed by atoms with van der Waals surface area (Å²) in [5, 5.41) is 0. The topological polar surface area (TPSA) is 98.5 Å². The summed E-state index contributed by atoms with van der Waals surface area (Å²) < 4.78 is 46.8. The van der Waals surface area contributed by atoms with Gasteiger partial charge in [0.1, 0.15) is 18.2 Å². The van der Waals surface area contributed by atoms with Gasteiger partial charge in [0.05, 0.1) is 16.5 Å². The molecule has 0 bridgehead atoms. The number of amides is 1. The van der Waals surface area contributed by atoms with Crippen molar-refractivity contribution >= 4 is 15.9 Å². The summed E-state index contributed by atoms with van der Waals surface area (Å²) in [5.41, 5.74) is 7.41. The Morgan fingerprint density at radius 3 is 2.33 bits per heavy atom. The highest BCUT2D eigenvalue weighted by Crippen LogP contribution is 2.22. The van der Waals surface area contributed by atoms with Gasteiger partial charge in [-0.25, -0.2) is 17.5 Å². The van der Waals surface area contributed by atoms with Crippen LogP contribution >= 0.6 is 0 Å². The highest BCUT2D eigenvalue weighted by molar-refractivity contribution is 7.89. The Balaban J connectivity index is 2.15. The van der Waals surface area contributed by atoms with E-state index in [-0.39, 0.29) is 22.8 Å². The molecule has 146 valence electrons. The van der Waals surface area contributed by atoms with Crippen LogP contribution in [0.4, 0.5) is 4.39 Å². The monoisotopic (exact) mass is 394 g/mol. The van der Waals surface area contributed by atoms with Crippen molar-refractivity contribution in [1.29, 1.82) is 0 Å². The molecule has 6 nitrogen and oxygen atoms in total. The van der Waals surface area contributed by atoms with Gasteiger partial charge in [0, 0.05) is 0 Å². The molecule has 2 aromatic rings. The van der Waals surface area contributed by atoms with E-state index in [2.05, 4.69) is 4.72 Å². The molecule has 0 aliphatic rings. The van der Waals surface area contributed by atoms with E-state index in [0.717, 1.165) is 17.7 Å². The van der Waals surface area contributed by atoms with Gasteiger partial charge < -0.3 is 10.5 Å². The molecule has 2 aromatic carbocycles. The first-order valence-electron chi connectivity index (χ1n) is 8.33. The van der Waals surface area contributed by atoms with Crippen LogP contribution in [0.5, 0.6) is 5.75 Å². The molecule has 0 spiro atoms. The van der Waals surface area contributed by atoms with Gasteiger partial charge in [-0.1, -0.05) is 17.7 Å².